The van der Waals surface area contributed by atoms with Gasteiger partial charge in [0.25, 0.3) is 0 Å². The number of anilines is 1. The van der Waals surface area contributed by atoms with Crippen LogP contribution in [-0.4, -0.2) is 36.2 Å². The maximum atomic E-state index is 11.8. The highest BCUT2D eigenvalue weighted by Gasteiger charge is 2.07. The summed E-state index contributed by atoms with van der Waals surface area (Å²) in [5.41, 5.74) is 1.29. The minimum Gasteiger partial charge on any atom is -0.326 e. The molecule has 1 amide bonds. The van der Waals surface area contributed by atoms with Gasteiger partial charge in [0, 0.05) is 24.2 Å². The van der Waals surface area contributed by atoms with Crippen molar-refractivity contribution in [2.75, 3.05) is 25.0 Å². The summed E-state index contributed by atoms with van der Waals surface area (Å²) in [6.45, 7) is 8.33. The van der Waals surface area contributed by atoms with Crippen molar-refractivity contribution in [1.82, 2.24) is 4.90 Å². The second kappa shape index (κ2) is 7.69. The largest absolute Gasteiger partial charge is 0.326 e. The molecule has 1 aromatic rings. The van der Waals surface area contributed by atoms with E-state index < -0.39 is 0 Å². The van der Waals surface area contributed by atoms with Gasteiger partial charge in [0.2, 0.25) is 5.91 Å². The average molecular weight is 262 g/mol. The van der Waals surface area contributed by atoms with E-state index in [9.17, 15) is 9.59 Å². The third-order valence-electron chi connectivity index (χ3n) is 3.10. The van der Waals surface area contributed by atoms with E-state index in [1.165, 1.54) is 6.92 Å². The fourth-order valence-electron chi connectivity index (χ4n) is 1.84. The summed E-state index contributed by atoms with van der Waals surface area (Å²) in [5, 5.41) is 2.82. The van der Waals surface area contributed by atoms with E-state index in [0.717, 1.165) is 19.6 Å². The molecule has 0 saturated carbocycles. The Morgan fingerprint density at radius 1 is 1.21 bits per heavy atom. The molecule has 0 radical (unpaired) electrons. The summed E-state index contributed by atoms with van der Waals surface area (Å²) in [6.07, 6.45) is 0.464. The van der Waals surface area contributed by atoms with Crippen molar-refractivity contribution in [3.63, 3.8) is 0 Å². The molecule has 0 spiro atoms. The number of Topliss-reactive ketones (excluding diaryl/α,β-unsaturated/α-hetero) is 1. The fourth-order valence-corrected chi connectivity index (χ4v) is 1.84. The summed E-state index contributed by atoms with van der Waals surface area (Å²) in [5.74, 6) is -0.0214. The number of amides is 1. The molecule has 4 heteroatoms. The number of hydrogen-bond donors (Lipinski definition) is 1. The number of benzene rings is 1. The van der Waals surface area contributed by atoms with Crippen molar-refractivity contribution >= 4 is 17.4 Å². The Hall–Kier alpha value is -1.68. The predicted molar refractivity (Wildman–Crippen MR) is 77.5 cm³/mol. The van der Waals surface area contributed by atoms with Gasteiger partial charge in [-0.15, -0.1) is 0 Å². The zero-order valence-corrected chi connectivity index (χ0v) is 11.9. The molecule has 0 aromatic heterocycles. The van der Waals surface area contributed by atoms with Crippen molar-refractivity contribution in [3.8, 4) is 0 Å². The van der Waals surface area contributed by atoms with Crippen LogP contribution in [0, 0.1) is 0 Å². The number of nitrogens with zero attached hydrogens (tertiary/aromatic N) is 1. The normalized spacial score (nSPS) is 10.5. The first-order valence-corrected chi connectivity index (χ1v) is 6.70. The van der Waals surface area contributed by atoms with Gasteiger partial charge in [-0.25, -0.2) is 0 Å². The van der Waals surface area contributed by atoms with Gasteiger partial charge < -0.3 is 10.2 Å². The summed E-state index contributed by atoms with van der Waals surface area (Å²) in [4.78, 5) is 25.3. The zero-order valence-electron chi connectivity index (χ0n) is 11.9. The maximum absolute atomic E-state index is 11.8. The van der Waals surface area contributed by atoms with Gasteiger partial charge in [-0.3, -0.25) is 9.59 Å². The lowest BCUT2D eigenvalue weighted by atomic mass is 10.1. The molecule has 0 aliphatic heterocycles. The molecule has 0 aliphatic rings. The smallest absolute Gasteiger partial charge is 0.225 e. The highest BCUT2D eigenvalue weighted by atomic mass is 16.1. The quantitative estimate of drug-likeness (QED) is 0.768. The van der Waals surface area contributed by atoms with Crippen LogP contribution in [0.2, 0.25) is 0 Å². The molecular weight excluding hydrogens is 240 g/mol. The van der Waals surface area contributed by atoms with Gasteiger partial charge in [-0.05, 0) is 32.1 Å². The molecule has 0 atom stereocenters. The molecule has 0 bridgehead atoms. The molecular formula is C15H22N2O2. The molecule has 4 nitrogen and oxygen atoms in total. The Kier molecular flexibility index (Phi) is 6.22. The van der Waals surface area contributed by atoms with E-state index in [0.29, 0.717) is 17.7 Å². The number of carbonyl (C=O) groups is 2. The van der Waals surface area contributed by atoms with Gasteiger partial charge in [0.15, 0.2) is 5.78 Å². The topological polar surface area (TPSA) is 49.4 Å². The molecule has 0 aliphatic carbocycles. The van der Waals surface area contributed by atoms with Gasteiger partial charge in [0.05, 0.1) is 0 Å². The lowest BCUT2D eigenvalue weighted by Crippen LogP contribution is -2.27. The van der Waals surface area contributed by atoms with Gasteiger partial charge in [0.1, 0.15) is 0 Å². The van der Waals surface area contributed by atoms with E-state index in [1.54, 1.807) is 24.3 Å². The van der Waals surface area contributed by atoms with Crippen LogP contribution >= 0.6 is 0 Å². The Bertz CT molecular complexity index is 440. The van der Waals surface area contributed by atoms with E-state index in [1.807, 2.05) is 0 Å². The SMILES string of the molecule is CCN(CC)CCC(=O)Nc1cccc(C(C)=O)c1. The Morgan fingerprint density at radius 3 is 2.47 bits per heavy atom. The number of rotatable bonds is 7. The molecule has 19 heavy (non-hydrogen) atoms. The Balaban J connectivity index is 2.52. The first kappa shape index (κ1) is 15.4. The van der Waals surface area contributed by atoms with Gasteiger partial charge in [-0.2, -0.15) is 0 Å². The van der Waals surface area contributed by atoms with Crippen LogP contribution < -0.4 is 5.32 Å². The van der Waals surface area contributed by atoms with E-state index in [4.69, 9.17) is 0 Å². The minimum absolute atomic E-state index is 0.000704. The molecule has 0 saturated heterocycles. The number of hydrogen-bond acceptors (Lipinski definition) is 3. The highest BCUT2D eigenvalue weighted by Crippen LogP contribution is 2.11. The third kappa shape index (κ3) is 5.22. The molecule has 0 heterocycles. The second-order valence-electron chi connectivity index (χ2n) is 4.46. The first-order chi connectivity index (χ1) is 9.06. The molecule has 1 rings (SSSR count). The first-order valence-electron chi connectivity index (χ1n) is 6.70. The van der Waals surface area contributed by atoms with Crippen LogP contribution in [0.4, 0.5) is 5.69 Å². The monoisotopic (exact) mass is 262 g/mol. The van der Waals surface area contributed by atoms with Crippen molar-refractivity contribution in [2.24, 2.45) is 0 Å². The number of carbonyl (C=O) groups excluding carboxylic acids is 2. The third-order valence-corrected chi connectivity index (χ3v) is 3.10. The minimum atomic E-state index is -0.0207. The van der Waals surface area contributed by atoms with Crippen molar-refractivity contribution in [3.05, 3.63) is 29.8 Å². The van der Waals surface area contributed by atoms with E-state index >= 15 is 0 Å². The predicted octanol–water partition coefficient (Wildman–Crippen LogP) is 2.56. The highest BCUT2D eigenvalue weighted by molar-refractivity contribution is 5.97. The maximum Gasteiger partial charge on any atom is 0.225 e. The van der Waals surface area contributed by atoms with Crippen LogP contribution in [0.3, 0.4) is 0 Å². The summed E-state index contributed by atoms with van der Waals surface area (Å²) >= 11 is 0. The zero-order chi connectivity index (χ0) is 14.3. The fraction of sp³-hybridized carbons (Fsp3) is 0.467. The lowest BCUT2D eigenvalue weighted by Gasteiger charge is -2.17. The lowest BCUT2D eigenvalue weighted by molar-refractivity contribution is -0.116. The van der Waals surface area contributed by atoms with E-state index in [2.05, 4.69) is 24.1 Å². The van der Waals surface area contributed by atoms with Crippen LogP contribution in [0.1, 0.15) is 37.6 Å². The summed E-state index contributed by atoms with van der Waals surface area (Å²) in [6, 6.07) is 7.02. The summed E-state index contributed by atoms with van der Waals surface area (Å²) in [7, 11) is 0. The van der Waals surface area contributed by atoms with Crippen LogP contribution in [0.15, 0.2) is 24.3 Å². The molecule has 0 unspecified atom stereocenters. The standard InChI is InChI=1S/C15H22N2O2/c1-4-17(5-2)10-9-15(19)16-14-8-6-7-13(11-14)12(3)18/h6-8,11H,4-5,9-10H2,1-3H3,(H,16,19). The van der Waals surface area contributed by atoms with Crippen molar-refractivity contribution < 1.29 is 9.59 Å². The Labute approximate surface area is 114 Å². The van der Waals surface area contributed by atoms with E-state index in [-0.39, 0.29) is 11.7 Å². The molecule has 104 valence electrons. The number of nitrogens with one attached hydrogen (secondary N) is 1. The second-order valence-corrected chi connectivity index (χ2v) is 4.46. The van der Waals surface area contributed by atoms with Gasteiger partial charge in [-0.1, -0.05) is 26.0 Å². The van der Waals surface area contributed by atoms with Crippen LogP contribution in [-0.2, 0) is 4.79 Å². The molecule has 1 aromatic carbocycles. The van der Waals surface area contributed by atoms with Crippen molar-refractivity contribution in [2.45, 2.75) is 27.2 Å². The number of ketones is 1. The van der Waals surface area contributed by atoms with Crippen molar-refractivity contribution in [1.29, 1.82) is 0 Å². The van der Waals surface area contributed by atoms with Crippen LogP contribution in [0.25, 0.3) is 0 Å². The molecule has 0 fully saturated rings. The molecule has 1 N–H and O–H groups in total. The average Bonchev–Trinajstić information content (AvgIpc) is 2.40. The van der Waals surface area contributed by atoms with Gasteiger partial charge >= 0.3 is 0 Å². The van der Waals surface area contributed by atoms with Crippen LogP contribution in [0.5, 0.6) is 0 Å². The Morgan fingerprint density at radius 2 is 1.89 bits per heavy atom. The summed E-state index contributed by atoms with van der Waals surface area (Å²) < 4.78 is 0.